The number of nitrogen functional groups attached to an aromatic ring is 1. The van der Waals surface area contributed by atoms with Crippen molar-refractivity contribution in [3.05, 3.63) is 40.3 Å². The van der Waals surface area contributed by atoms with Gasteiger partial charge in [0, 0.05) is 23.0 Å². The van der Waals surface area contributed by atoms with E-state index in [0.29, 0.717) is 16.9 Å². The minimum atomic E-state index is -0.510. The van der Waals surface area contributed by atoms with Crippen LogP contribution in [0, 0.1) is 0 Å². The molecule has 0 atom stereocenters. The first-order valence-corrected chi connectivity index (χ1v) is 6.65. The zero-order valence-electron chi connectivity index (χ0n) is 10.8. The average molecular weight is 276 g/mol. The van der Waals surface area contributed by atoms with Gasteiger partial charge in [0.15, 0.2) is 0 Å². The number of amides is 1. The van der Waals surface area contributed by atoms with Gasteiger partial charge in [0.05, 0.1) is 11.1 Å². The Kier molecular flexibility index (Phi) is 3.44. The molecule has 19 heavy (non-hydrogen) atoms. The highest BCUT2D eigenvalue weighted by Crippen LogP contribution is 2.29. The number of carbonyl (C=O) groups is 1. The molecule has 0 saturated carbocycles. The summed E-state index contributed by atoms with van der Waals surface area (Å²) in [7, 11) is 0. The normalized spacial score (nSPS) is 11.3. The molecule has 0 spiro atoms. The molecule has 1 amide bonds. The summed E-state index contributed by atoms with van der Waals surface area (Å²) in [6.45, 7) is 3.99. The van der Waals surface area contributed by atoms with Gasteiger partial charge in [0.25, 0.3) is 5.91 Å². The summed E-state index contributed by atoms with van der Waals surface area (Å²) in [5, 5.41) is 6.13. The van der Waals surface area contributed by atoms with Crippen LogP contribution < -0.4 is 16.8 Å². The van der Waals surface area contributed by atoms with Crippen molar-refractivity contribution < 1.29 is 4.79 Å². The fourth-order valence-corrected chi connectivity index (χ4v) is 2.51. The second kappa shape index (κ2) is 4.89. The van der Waals surface area contributed by atoms with Crippen molar-refractivity contribution in [1.82, 2.24) is 4.98 Å². The van der Waals surface area contributed by atoms with Crippen LogP contribution in [0.1, 0.15) is 29.2 Å². The van der Waals surface area contributed by atoms with E-state index in [1.54, 1.807) is 35.7 Å². The van der Waals surface area contributed by atoms with Crippen LogP contribution in [0.25, 0.3) is 0 Å². The van der Waals surface area contributed by atoms with Crippen molar-refractivity contribution in [2.24, 2.45) is 5.73 Å². The minimum Gasteiger partial charge on any atom is -0.399 e. The van der Waals surface area contributed by atoms with Crippen molar-refractivity contribution in [3.8, 4) is 0 Å². The smallest absolute Gasteiger partial charge is 0.250 e. The minimum absolute atomic E-state index is 0.379. The lowest BCUT2D eigenvalue weighted by molar-refractivity contribution is 0.100. The molecule has 0 bridgehead atoms. The van der Waals surface area contributed by atoms with E-state index >= 15 is 0 Å². The van der Waals surface area contributed by atoms with Gasteiger partial charge < -0.3 is 16.8 Å². The molecule has 2 aromatic rings. The van der Waals surface area contributed by atoms with E-state index in [4.69, 9.17) is 11.5 Å². The first-order valence-electron chi connectivity index (χ1n) is 5.77. The molecule has 0 aliphatic heterocycles. The van der Waals surface area contributed by atoms with Crippen LogP contribution in [0.5, 0.6) is 0 Å². The summed E-state index contributed by atoms with van der Waals surface area (Å²) in [6.07, 6.45) is 1.75. The molecule has 1 aromatic carbocycles. The third-order valence-corrected chi connectivity index (χ3v) is 3.82. The summed E-state index contributed by atoms with van der Waals surface area (Å²) in [6, 6.07) is 5.06. The van der Waals surface area contributed by atoms with Gasteiger partial charge in [0.1, 0.15) is 5.01 Å². The molecule has 0 unspecified atom stereocenters. The molecule has 1 heterocycles. The Hall–Kier alpha value is -2.08. The van der Waals surface area contributed by atoms with Gasteiger partial charge in [0.2, 0.25) is 0 Å². The maximum absolute atomic E-state index is 11.5. The highest BCUT2D eigenvalue weighted by molar-refractivity contribution is 7.09. The zero-order chi connectivity index (χ0) is 14.0. The molecule has 1 aromatic heterocycles. The summed E-state index contributed by atoms with van der Waals surface area (Å²) in [5.41, 5.74) is 12.2. The summed E-state index contributed by atoms with van der Waals surface area (Å²) < 4.78 is 0. The lowest BCUT2D eigenvalue weighted by atomic mass is 10.0. The molecule has 0 aliphatic carbocycles. The predicted molar refractivity (Wildman–Crippen MR) is 78.1 cm³/mol. The number of nitrogens with two attached hydrogens (primary N) is 2. The molecule has 5 N–H and O–H groups in total. The second-order valence-electron chi connectivity index (χ2n) is 4.76. The number of thiazole rings is 1. The van der Waals surface area contributed by atoms with Crippen molar-refractivity contribution in [2.75, 3.05) is 11.1 Å². The Morgan fingerprint density at radius 2 is 2.16 bits per heavy atom. The van der Waals surface area contributed by atoms with Gasteiger partial charge in [-0.3, -0.25) is 4.79 Å². The van der Waals surface area contributed by atoms with Crippen LogP contribution >= 0.6 is 11.3 Å². The van der Waals surface area contributed by atoms with E-state index in [0.717, 1.165) is 5.01 Å². The SMILES string of the molecule is CC(C)(Nc1ccc(N)cc1C(N)=O)c1nccs1. The number of aromatic nitrogens is 1. The van der Waals surface area contributed by atoms with Gasteiger partial charge in [-0.1, -0.05) is 0 Å². The molecule has 0 radical (unpaired) electrons. The Balaban J connectivity index is 2.36. The Bertz CT molecular complexity index is 593. The number of nitrogens with one attached hydrogen (secondary N) is 1. The van der Waals surface area contributed by atoms with Crippen molar-refractivity contribution >= 4 is 28.6 Å². The third kappa shape index (κ3) is 2.85. The zero-order valence-corrected chi connectivity index (χ0v) is 11.6. The van der Waals surface area contributed by atoms with Gasteiger partial charge in [-0.15, -0.1) is 11.3 Å². The summed E-state index contributed by atoms with van der Waals surface area (Å²) in [5.74, 6) is -0.510. The predicted octanol–water partition coefficient (Wildman–Crippen LogP) is 2.17. The average Bonchev–Trinajstić information content (AvgIpc) is 2.85. The van der Waals surface area contributed by atoms with Crippen LogP contribution in [-0.4, -0.2) is 10.9 Å². The van der Waals surface area contributed by atoms with E-state index in [-0.39, 0.29) is 0 Å². The molecule has 0 fully saturated rings. The van der Waals surface area contributed by atoms with Crippen molar-refractivity contribution in [3.63, 3.8) is 0 Å². The highest BCUT2D eigenvalue weighted by Gasteiger charge is 2.24. The molecule has 100 valence electrons. The van der Waals surface area contributed by atoms with Crippen LogP contribution in [0.4, 0.5) is 11.4 Å². The van der Waals surface area contributed by atoms with Crippen molar-refractivity contribution in [1.29, 1.82) is 0 Å². The summed E-state index contributed by atoms with van der Waals surface area (Å²) >= 11 is 1.55. The molecule has 5 nitrogen and oxygen atoms in total. The number of anilines is 2. The maximum Gasteiger partial charge on any atom is 0.250 e. The first kappa shape index (κ1) is 13.4. The topological polar surface area (TPSA) is 94.0 Å². The lowest BCUT2D eigenvalue weighted by Crippen LogP contribution is -2.29. The molecule has 2 rings (SSSR count). The molecular weight excluding hydrogens is 260 g/mol. The first-order chi connectivity index (χ1) is 8.90. The Morgan fingerprint density at radius 3 is 2.74 bits per heavy atom. The van der Waals surface area contributed by atoms with Crippen molar-refractivity contribution in [2.45, 2.75) is 19.4 Å². The maximum atomic E-state index is 11.5. The molecule has 0 aliphatic rings. The number of benzene rings is 1. The second-order valence-corrected chi connectivity index (χ2v) is 5.65. The lowest BCUT2D eigenvalue weighted by Gasteiger charge is -2.26. The highest BCUT2D eigenvalue weighted by atomic mass is 32.1. The van der Waals surface area contributed by atoms with E-state index in [2.05, 4.69) is 10.3 Å². The van der Waals surface area contributed by atoms with Gasteiger partial charge in [-0.2, -0.15) is 0 Å². The van der Waals surface area contributed by atoms with Crippen LogP contribution in [0.15, 0.2) is 29.8 Å². The van der Waals surface area contributed by atoms with E-state index in [9.17, 15) is 4.79 Å². The monoisotopic (exact) mass is 276 g/mol. The Labute approximate surface area is 115 Å². The number of hydrogen-bond donors (Lipinski definition) is 3. The van der Waals surface area contributed by atoms with E-state index < -0.39 is 11.4 Å². The van der Waals surface area contributed by atoms with Crippen LogP contribution in [-0.2, 0) is 5.54 Å². The number of carbonyl (C=O) groups excluding carboxylic acids is 1. The quantitative estimate of drug-likeness (QED) is 0.746. The Morgan fingerprint density at radius 1 is 1.42 bits per heavy atom. The number of primary amides is 1. The third-order valence-electron chi connectivity index (χ3n) is 2.72. The number of rotatable bonds is 4. The fourth-order valence-electron chi connectivity index (χ4n) is 1.80. The van der Waals surface area contributed by atoms with E-state index in [1.165, 1.54) is 0 Å². The largest absolute Gasteiger partial charge is 0.399 e. The number of nitrogens with zero attached hydrogens (tertiary/aromatic N) is 1. The van der Waals surface area contributed by atoms with Gasteiger partial charge in [-0.25, -0.2) is 4.98 Å². The standard InChI is InChI=1S/C13H16N4OS/c1-13(2,12-16-5-6-19-12)17-10-4-3-8(14)7-9(10)11(15)18/h3-7,17H,14H2,1-2H3,(H2,15,18). The van der Waals surface area contributed by atoms with Crippen LogP contribution in [0.2, 0.25) is 0 Å². The fraction of sp³-hybridized carbons (Fsp3) is 0.231. The summed E-state index contributed by atoms with van der Waals surface area (Å²) in [4.78, 5) is 15.8. The molecular formula is C13H16N4OS. The molecule has 6 heteroatoms. The van der Waals surface area contributed by atoms with Gasteiger partial charge >= 0.3 is 0 Å². The van der Waals surface area contributed by atoms with E-state index in [1.807, 2.05) is 19.2 Å². The van der Waals surface area contributed by atoms with Crippen LogP contribution in [0.3, 0.4) is 0 Å². The molecule has 0 saturated heterocycles. The van der Waals surface area contributed by atoms with Gasteiger partial charge in [-0.05, 0) is 32.0 Å². The number of hydrogen-bond acceptors (Lipinski definition) is 5.